The Morgan fingerprint density at radius 2 is 2.00 bits per heavy atom. The number of nitrogens with one attached hydrogen (secondary N) is 1. The summed E-state index contributed by atoms with van der Waals surface area (Å²) in [5.41, 5.74) is 3.30. The van der Waals surface area contributed by atoms with Gasteiger partial charge in [0.2, 0.25) is 0 Å². The first-order chi connectivity index (χ1) is 9.81. The molecular formula is C15H21N5. The van der Waals surface area contributed by atoms with E-state index in [9.17, 15) is 0 Å². The molecule has 20 heavy (non-hydrogen) atoms. The van der Waals surface area contributed by atoms with Crippen molar-refractivity contribution in [1.29, 1.82) is 0 Å². The molecule has 5 nitrogen and oxygen atoms in total. The molecule has 0 bridgehead atoms. The molecule has 0 aromatic carbocycles. The number of aryl methyl sites for hydroxylation is 1. The lowest BCUT2D eigenvalue weighted by atomic mass is 9.83. The minimum Gasteiger partial charge on any atom is -0.354 e. The van der Waals surface area contributed by atoms with Crippen LogP contribution in [0.4, 0.5) is 5.82 Å². The molecule has 106 valence electrons. The quantitative estimate of drug-likeness (QED) is 0.903. The summed E-state index contributed by atoms with van der Waals surface area (Å²) in [6.45, 7) is 6.23. The molecule has 3 heterocycles. The Kier molecular flexibility index (Phi) is 2.88. The van der Waals surface area contributed by atoms with E-state index in [4.69, 9.17) is 5.10 Å². The molecule has 0 amide bonds. The topological polar surface area (TPSA) is 45.5 Å². The van der Waals surface area contributed by atoms with Gasteiger partial charge in [-0.25, -0.2) is 4.98 Å². The van der Waals surface area contributed by atoms with Crippen LogP contribution in [0.25, 0.3) is 5.65 Å². The van der Waals surface area contributed by atoms with Crippen LogP contribution in [0.15, 0.2) is 12.1 Å². The van der Waals surface area contributed by atoms with Crippen molar-refractivity contribution in [3.8, 4) is 0 Å². The monoisotopic (exact) mass is 271 g/mol. The molecular weight excluding hydrogens is 250 g/mol. The molecule has 2 aliphatic rings. The third kappa shape index (κ3) is 1.97. The first-order valence-corrected chi connectivity index (χ1v) is 7.64. The van der Waals surface area contributed by atoms with Crippen LogP contribution < -0.4 is 10.2 Å². The Morgan fingerprint density at radius 1 is 1.20 bits per heavy atom. The largest absolute Gasteiger partial charge is 0.354 e. The number of piperazine rings is 1. The first kappa shape index (κ1) is 12.1. The molecule has 1 aliphatic carbocycles. The second-order valence-electron chi connectivity index (χ2n) is 5.96. The van der Waals surface area contributed by atoms with E-state index in [0.29, 0.717) is 5.92 Å². The van der Waals surface area contributed by atoms with E-state index in [1.807, 2.05) is 4.52 Å². The van der Waals surface area contributed by atoms with Gasteiger partial charge in [-0.05, 0) is 19.8 Å². The molecule has 1 N–H and O–H groups in total. The lowest BCUT2D eigenvalue weighted by Crippen LogP contribution is -2.44. The number of hydrogen-bond donors (Lipinski definition) is 1. The minimum atomic E-state index is 0.660. The van der Waals surface area contributed by atoms with Gasteiger partial charge in [-0.1, -0.05) is 6.42 Å². The van der Waals surface area contributed by atoms with E-state index in [1.165, 1.54) is 30.8 Å². The molecule has 5 heteroatoms. The average molecular weight is 271 g/mol. The van der Waals surface area contributed by atoms with Crippen molar-refractivity contribution >= 4 is 11.5 Å². The molecule has 2 aromatic heterocycles. The van der Waals surface area contributed by atoms with Crippen molar-refractivity contribution in [1.82, 2.24) is 19.9 Å². The van der Waals surface area contributed by atoms with Crippen LogP contribution in [0.5, 0.6) is 0 Å². The smallest absolute Gasteiger partial charge is 0.157 e. The second-order valence-corrected chi connectivity index (χ2v) is 5.96. The molecule has 1 saturated heterocycles. The van der Waals surface area contributed by atoms with Gasteiger partial charge in [-0.2, -0.15) is 9.61 Å². The Hall–Kier alpha value is -1.62. The van der Waals surface area contributed by atoms with Crippen molar-refractivity contribution < 1.29 is 0 Å². The van der Waals surface area contributed by atoms with Crippen LogP contribution in [0.2, 0.25) is 0 Å². The standard InChI is InChI=1S/C15H21N5/c1-11-9-15(19-7-5-16-6-8-19)20-14(17-11)10-13(18-20)12-3-2-4-12/h9-10,12,16H,2-8H2,1H3. The maximum Gasteiger partial charge on any atom is 0.157 e. The van der Waals surface area contributed by atoms with Crippen molar-refractivity contribution in [2.45, 2.75) is 32.1 Å². The van der Waals surface area contributed by atoms with Crippen molar-refractivity contribution in [3.63, 3.8) is 0 Å². The minimum absolute atomic E-state index is 0.660. The number of rotatable bonds is 2. The highest BCUT2D eigenvalue weighted by molar-refractivity contribution is 5.52. The van der Waals surface area contributed by atoms with Crippen LogP contribution in [0.3, 0.4) is 0 Å². The van der Waals surface area contributed by atoms with E-state index < -0.39 is 0 Å². The van der Waals surface area contributed by atoms with Crippen molar-refractivity contribution in [2.75, 3.05) is 31.1 Å². The summed E-state index contributed by atoms with van der Waals surface area (Å²) in [6.07, 6.45) is 3.91. The predicted molar refractivity (Wildman–Crippen MR) is 79.4 cm³/mol. The Balaban J connectivity index is 1.79. The lowest BCUT2D eigenvalue weighted by Gasteiger charge is -2.29. The van der Waals surface area contributed by atoms with Gasteiger partial charge in [0.1, 0.15) is 5.82 Å². The van der Waals surface area contributed by atoms with Gasteiger partial charge >= 0.3 is 0 Å². The molecule has 2 aromatic rings. The Bertz CT molecular complexity index is 622. The maximum absolute atomic E-state index is 4.84. The van der Waals surface area contributed by atoms with Crippen LogP contribution in [0, 0.1) is 6.92 Å². The normalized spacial score (nSPS) is 20.4. The van der Waals surface area contributed by atoms with Crippen LogP contribution in [-0.4, -0.2) is 40.8 Å². The zero-order valence-electron chi connectivity index (χ0n) is 12.0. The van der Waals surface area contributed by atoms with Gasteiger partial charge in [0.15, 0.2) is 5.65 Å². The average Bonchev–Trinajstić information content (AvgIpc) is 2.79. The van der Waals surface area contributed by atoms with E-state index in [0.717, 1.165) is 37.5 Å². The molecule has 1 aliphatic heterocycles. The summed E-state index contributed by atoms with van der Waals surface area (Å²) in [4.78, 5) is 7.06. The molecule has 0 radical (unpaired) electrons. The Labute approximate surface area is 119 Å². The summed E-state index contributed by atoms with van der Waals surface area (Å²) < 4.78 is 2.05. The van der Waals surface area contributed by atoms with Gasteiger partial charge in [0.25, 0.3) is 0 Å². The first-order valence-electron chi connectivity index (χ1n) is 7.64. The SMILES string of the molecule is Cc1cc(N2CCNCC2)n2nc(C3CCC3)cc2n1. The number of aromatic nitrogens is 3. The fraction of sp³-hybridized carbons (Fsp3) is 0.600. The fourth-order valence-electron chi connectivity index (χ4n) is 3.12. The van der Waals surface area contributed by atoms with Gasteiger partial charge in [-0.15, -0.1) is 0 Å². The van der Waals surface area contributed by atoms with E-state index in [2.05, 4.69) is 34.3 Å². The molecule has 2 fully saturated rings. The fourth-order valence-corrected chi connectivity index (χ4v) is 3.12. The third-order valence-electron chi connectivity index (χ3n) is 4.52. The molecule has 0 unspecified atom stereocenters. The zero-order valence-corrected chi connectivity index (χ0v) is 12.0. The van der Waals surface area contributed by atoms with Crippen molar-refractivity contribution in [2.24, 2.45) is 0 Å². The zero-order chi connectivity index (χ0) is 13.5. The lowest BCUT2D eigenvalue weighted by molar-refractivity contribution is 0.409. The number of anilines is 1. The number of hydrogen-bond acceptors (Lipinski definition) is 4. The Morgan fingerprint density at radius 3 is 2.70 bits per heavy atom. The van der Waals surface area contributed by atoms with Gasteiger partial charge in [0, 0.05) is 49.9 Å². The maximum atomic E-state index is 4.84. The summed E-state index contributed by atoms with van der Waals surface area (Å²) in [6, 6.07) is 4.35. The summed E-state index contributed by atoms with van der Waals surface area (Å²) in [7, 11) is 0. The molecule has 0 spiro atoms. The van der Waals surface area contributed by atoms with Crippen molar-refractivity contribution in [3.05, 3.63) is 23.5 Å². The third-order valence-corrected chi connectivity index (χ3v) is 4.52. The second kappa shape index (κ2) is 4.74. The summed E-state index contributed by atoms with van der Waals surface area (Å²) in [5, 5.41) is 8.24. The summed E-state index contributed by atoms with van der Waals surface area (Å²) in [5.74, 6) is 1.85. The predicted octanol–water partition coefficient (Wildman–Crippen LogP) is 1.71. The molecule has 4 rings (SSSR count). The van der Waals surface area contributed by atoms with Gasteiger partial charge in [0.05, 0.1) is 5.69 Å². The summed E-state index contributed by atoms with van der Waals surface area (Å²) >= 11 is 0. The van der Waals surface area contributed by atoms with E-state index in [1.54, 1.807) is 0 Å². The van der Waals surface area contributed by atoms with Gasteiger partial charge in [-0.3, -0.25) is 0 Å². The highest BCUT2D eigenvalue weighted by Crippen LogP contribution is 2.36. The highest BCUT2D eigenvalue weighted by Gasteiger charge is 2.24. The van der Waals surface area contributed by atoms with E-state index >= 15 is 0 Å². The molecule has 0 atom stereocenters. The van der Waals surface area contributed by atoms with Crippen LogP contribution in [-0.2, 0) is 0 Å². The number of fused-ring (bicyclic) bond motifs is 1. The van der Waals surface area contributed by atoms with Gasteiger partial charge < -0.3 is 10.2 Å². The number of nitrogens with zero attached hydrogens (tertiary/aromatic N) is 4. The van der Waals surface area contributed by atoms with E-state index in [-0.39, 0.29) is 0 Å². The van der Waals surface area contributed by atoms with Crippen LogP contribution >= 0.6 is 0 Å². The molecule has 1 saturated carbocycles. The highest BCUT2D eigenvalue weighted by atomic mass is 15.4. The van der Waals surface area contributed by atoms with Crippen LogP contribution in [0.1, 0.15) is 36.6 Å².